The Morgan fingerprint density at radius 2 is 1.58 bits per heavy atom. The Bertz CT molecular complexity index is 919. The van der Waals surface area contributed by atoms with E-state index in [-0.39, 0.29) is 0 Å². The topological polar surface area (TPSA) is 12.0 Å². The first-order valence-corrected chi connectivity index (χ1v) is 12.8. The molecule has 3 rings (SSSR count). The van der Waals surface area contributed by atoms with Crippen LogP contribution in [0.4, 0.5) is 0 Å². The molecule has 3 aromatic rings. The summed E-state index contributed by atoms with van der Waals surface area (Å²) in [6.45, 7) is 8.69. The number of hydrogen-bond donors (Lipinski definition) is 1. The van der Waals surface area contributed by atoms with Crippen molar-refractivity contribution in [1.82, 2.24) is 5.32 Å². The first-order valence-electron chi connectivity index (χ1n) is 9.31. The van der Waals surface area contributed by atoms with Crippen molar-refractivity contribution in [1.29, 1.82) is 0 Å². The van der Waals surface area contributed by atoms with E-state index in [0.717, 1.165) is 25.1 Å². The molecule has 0 heterocycles. The molecule has 0 radical (unpaired) electrons. The van der Waals surface area contributed by atoms with Crippen LogP contribution in [-0.4, -0.2) is 14.6 Å². The lowest BCUT2D eigenvalue weighted by atomic mass is 10.0. The maximum Gasteiger partial charge on any atom is 0.129 e. The standard InChI is InChI=1S/C24H27NSi/c1-26(2,3)18-16-20-11-13-21(14-12-20)19-25-17-15-23-9-6-8-22-7-4-5-10-24(22)23/h4-14,25H,15,17,19H2,1-3H3. The first-order chi connectivity index (χ1) is 12.5. The largest absolute Gasteiger partial charge is 0.312 e. The monoisotopic (exact) mass is 357 g/mol. The first kappa shape index (κ1) is 18.4. The van der Waals surface area contributed by atoms with Gasteiger partial charge < -0.3 is 5.32 Å². The molecule has 0 spiro atoms. The molecule has 1 nitrogen and oxygen atoms in total. The van der Waals surface area contributed by atoms with Gasteiger partial charge in [0.2, 0.25) is 0 Å². The van der Waals surface area contributed by atoms with Gasteiger partial charge in [0.05, 0.1) is 0 Å². The Morgan fingerprint density at radius 1 is 0.846 bits per heavy atom. The third kappa shape index (κ3) is 5.33. The molecule has 0 aliphatic heterocycles. The fourth-order valence-electron chi connectivity index (χ4n) is 2.93. The van der Waals surface area contributed by atoms with Crippen LogP contribution in [0.5, 0.6) is 0 Å². The molecule has 1 N–H and O–H groups in total. The Balaban J connectivity index is 1.52. The van der Waals surface area contributed by atoms with Gasteiger partial charge in [0.15, 0.2) is 0 Å². The smallest absolute Gasteiger partial charge is 0.129 e. The molecule has 2 heteroatoms. The summed E-state index contributed by atoms with van der Waals surface area (Å²) in [6, 6.07) is 23.8. The van der Waals surface area contributed by atoms with Gasteiger partial charge in [0.1, 0.15) is 8.07 Å². The van der Waals surface area contributed by atoms with Crippen molar-refractivity contribution in [3.05, 3.63) is 83.4 Å². The van der Waals surface area contributed by atoms with Crippen molar-refractivity contribution in [2.24, 2.45) is 0 Å². The average molecular weight is 358 g/mol. The van der Waals surface area contributed by atoms with E-state index in [4.69, 9.17) is 0 Å². The third-order valence-electron chi connectivity index (χ3n) is 4.32. The van der Waals surface area contributed by atoms with Crippen LogP contribution in [-0.2, 0) is 13.0 Å². The molecule has 0 saturated carbocycles. The van der Waals surface area contributed by atoms with Crippen molar-refractivity contribution in [2.45, 2.75) is 32.6 Å². The van der Waals surface area contributed by atoms with E-state index >= 15 is 0 Å². The normalized spacial score (nSPS) is 11.2. The molecule has 132 valence electrons. The van der Waals surface area contributed by atoms with Gasteiger partial charge >= 0.3 is 0 Å². The van der Waals surface area contributed by atoms with Gasteiger partial charge in [-0.2, -0.15) is 0 Å². The van der Waals surface area contributed by atoms with E-state index in [1.165, 1.54) is 21.9 Å². The zero-order valence-electron chi connectivity index (χ0n) is 16.0. The molecule has 0 amide bonds. The summed E-state index contributed by atoms with van der Waals surface area (Å²) in [5.74, 6) is 3.31. The molecule has 3 aromatic carbocycles. The summed E-state index contributed by atoms with van der Waals surface area (Å²) >= 11 is 0. The van der Waals surface area contributed by atoms with E-state index < -0.39 is 8.07 Å². The Hall–Kier alpha value is -2.34. The second-order valence-electron chi connectivity index (χ2n) is 7.76. The van der Waals surface area contributed by atoms with E-state index in [1.54, 1.807) is 0 Å². The molecule has 0 atom stereocenters. The van der Waals surface area contributed by atoms with Gasteiger partial charge in [-0.15, -0.1) is 5.54 Å². The highest BCUT2D eigenvalue weighted by molar-refractivity contribution is 6.83. The Kier molecular flexibility index (Phi) is 5.93. The molecule has 26 heavy (non-hydrogen) atoms. The minimum absolute atomic E-state index is 0.895. The van der Waals surface area contributed by atoms with Gasteiger partial charge in [-0.1, -0.05) is 80.2 Å². The summed E-state index contributed by atoms with van der Waals surface area (Å²) in [6.07, 6.45) is 1.04. The second kappa shape index (κ2) is 8.36. The lowest BCUT2D eigenvalue weighted by molar-refractivity contribution is 0.688. The summed E-state index contributed by atoms with van der Waals surface area (Å²) in [5.41, 5.74) is 7.25. The fourth-order valence-corrected chi connectivity index (χ4v) is 3.45. The Morgan fingerprint density at radius 3 is 2.35 bits per heavy atom. The maximum absolute atomic E-state index is 3.56. The van der Waals surface area contributed by atoms with Crippen molar-refractivity contribution >= 4 is 18.8 Å². The van der Waals surface area contributed by atoms with Crippen LogP contribution in [0.15, 0.2) is 66.7 Å². The van der Waals surface area contributed by atoms with Crippen LogP contribution >= 0.6 is 0 Å². The second-order valence-corrected chi connectivity index (χ2v) is 12.5. The molecule has 0 unspecified atom stereocenters. The molecule has 0 bridgehead atoms. The molecule has 0 aromatic heterocycles. The van der Waals surface area contributed by atoms with Gasteiger partial charge in [0, 0.05) is 12.1 Å². The fraction of sp³-hybridized carbons (Fsp3) is 0.250. The van der Waals surface area contributed by atoms with Crippen molar-refractivity contribution in [3.63, 3.8) is 0 Å². The van der Waals surface area contributed by atoms with E-state index in [0.29, 0.717) is 0 Å². The quantitative estimate of drug-likeness (QED) is 0.366. The van der Waals surface area contributed by atoms with Crippen molar-refractivity contribution < 1.29 is 0 Å². The SMILES string of the molecule is C[Si](C)(C)C#Cc1ccc(CNCCc2cccc3ccccc23)cc1. The Labute approximate surface area is 158 Å². The maximum atomic E-state index is 3.56. The third-order valence-corrected chi connectivity index (χ3v) is 5.19. The summed E-state index contributed by atoms with van der Waals surface area (Å²) < 4.78 is 0. The number of fused-ring (bicyclic) bond motifs is 1. The van der Waals surface area contributed by atoms with Gasteiger partial charge in [-0.3, -0.25) is 0 Å². The van der Waals surface area contributed by atoms with Crippen LogP contribution < -0.4 is 5.32 Å². The number of nitrogens with one attached hydrogen (secondary N) is 1. The highest BCUT2D eigenvalue weighted by Gasteiger charge is 2.07. The molecular weight excluding hydrogens is 330 g/mol. The number of rotatable bonds is 5. The highest BCUT2D eigenvalue weighted by atomic mass is 28.3. The van der Waals surface area contributed by atoms with Crippen molar-refractivity contribution in [3.8, 4) is 11.5 Å². The molecule has 0 saturated heterocycles. The summed E-state index contributed by atoms with van der Waals surface area (Å²) in [5, 5.41) is 6.24. The van der Waals surface area contributed by atoms with Crippen molar-refractivity contribution in [2.75, 3.05) is 6.54 Å². The molecular formula is C24H27NSi. The lowest BCUT2D eigenvalue weighted by Gasteiger charge is -2.08. The van der Waals surface area contributed by atoms with E-state index in [9.17, 15) is 0 Å². The minimum atomic E-state index is -1.30. The highest BCUT2D eigenvalue weighted by Crippen LogP contribution is 2.18. The van der Waals surface area contributed by atoms with Crippen LogP contribution in [0.3, 0.4) is 0 Å². The van der Waals surface area contributed by atoms with Gasteiger partial charge in [0.25, 0.3) is 0 Å². The van der Waals surface area contributed by atoms with Gasteiger partial charge in [-0.25, -0.2) is 0 Å². The van der Waals surface area contributed by atoms with Crippen LogP contribution in [0.25, 0.3) is 10.8 Å². The zero-order chi connectivity index (χ0) is 18.4. The van der Waals surface area contributed by atoms with E-state index in [1.807, 2.05) is 0 Å². The average Bonchev–Trinajstić information content (AvgIpc) is 2.64. The lowest BCUT2D eigenvalue weighted by Crippen LogP contribution is -2.17. The van der Waals surface area contributed by atoms with Crippen LogP contribution in [0.2, 0.25) is 19.6 Å². The molecule has 0 fully saturated rings. The zero-order valence-corrected chi connectivity index (χ0v) is 17.0. The predicted octanol–water partition coefficient (Wildman–Crippen LogP) is 5.40. The summed E-state index contributed by atoms with van der Waals surface area (Å²) in [7, 11) is -1.30. The van der Waals surface area contributed by atoms with Crippen LogP contribution in [0.1, 0.15) is 16.7 Å². The van der Waals surface area contributed by atoms with Crippen LogP contribution in [0, 0.1) is 11.5 Å². The van der Waals surface area contributed by atoms with Gasteiger partial charge in [-0.05, 0) is 47.0 Å². The molecule has 0 aliphatic rings. The minimum Gasteiger partial charge on any atom is -0.312 e. The molecule has 0 aliphatic carbocycles. The number of benzene rings is 3. The van der Waals surface area contributed by atoms with E-state index in [2.05, 4.69) is 103 Å². The summed E-state index contributed by atoms with van der Waals surface area (Å²) in [4.78, 5) is 0. The number of hydrogen-bond acceptors (Lipinski definition) is 1. The predicted molar refractivity (Wildman–Crippen MR) is 116 cm³/mol.